The second-order valence-corrected chi connectivity index (χ2v) is 6.33. The molecule has 1 amide bonds. The SMILES string of the molecule is COc1cc(CC(=O)OCC(=O)Nc2ccccc2I)ccc1C. The van der Waals surface area contributed by atoms with Crippen LogP contribution in [0.4, 0.5) is 5.69 Å². The van der Waals surface area contributed by atoms with E-state index in [-0.39, 0.29) is 18.9 Å². The van der Waals surface area contributed by atoms with E-state index in [1.807, 2.05) is 37.3 Å². The van der Waals surface area contributed by atoms with Crippen LogP contribution in [0.5, 0.6) is 5.75 Å². The molecule has 0 unspecified atom stereocenters. The first kappa shape index (κ1) is 18.3. The van der Waals surface area contributed by atoms with Crippen LogP contribution in [0.1, 0.15) is 11.1 Å². The minimum atomic E-state index is -0.459. The molecule has 0 saturated heterocycles. The molecule has 0 saturated carbocycles. The van der Waals surface area contributed by atoms with Crippen molar-refractivity contribution in [1.82, 2.24) is 0 Å². The standard InChI is InChI=1S/C18H18INO4/c1-12-7-8-13(9-16(12)23-2)10-18(22)24-11-17(21)20-15-6-4-3-5-14(15)19/h3-9H,10-11H2,1-2H3,(H,20,21). The van der Waals surface area contributed by atoms with Crippen LogP contribution >= 0.6 is 22.6 Å². The Labute approximate surface area is 154 Å². The number of para-hydroxylation sites is 1. The van der Waals surface area contributed by atoms with E-state index in [1.165, 1.54) is 0 Å². The molecule has 0 bridgehead atoms. The van der Waals surface area contributed by atoms with Crippen molar-refractivity contribution in [3.63, 3.8) is 0 Å². The summed E-state index contributed by atoms with van der Waals surface area (Å²) in [5, 5.41) is 2.71. The number of hydrogen-bond donors (Lipinski definition) is 1. The van der Waals surface area contributed by atoms with Crippen LogP contribution in [-0.2, 0) is 20.7 Å². The van der Waals surface area contributed by atoms with Gasteiger partial charge in [0.1, 0.15) is 5.75 Å². The van der Waals surface area contributed by atoms with Crippen molar-refractivity contribution in [3.8, 4) is 5.75 Å². The molecule has 0 aliphatic rings. The van der Waals surface area contributed by atoms with E-state index in [2.05, 4.69) is 27.9 Å². The second kappa shape index (κ2) is 8.68. The summed E-state index contributed by atoms with van der Waals surface area (Å²) in [4.78, 5) is 23.7. The number of nitrogens with one attached hydrogen (secondary N) is 1. The van der Waals surface area contributed by atoms with E-state index in [0.29, 0.717) is 5.69 Å². The van der Waals surface area contributed by atoms with Crippen molar-refractivity contribution in [2.24, 2.45) is 0 Å². The Morgan fingerprint density at radius 3 is 2.62 bits per heavy atom. The van der Waals surface area contributed by atoms with Crippen molar-refractivity contribution in [3.05, 3.63) is 57.2 Å². The fourth-order valence-electron chi connectivity index (χ4n) is 2.09. The first-order chi connectivity index (χ1) is 11.5. The van der Waals surface area contributed by atoms with E-state index >= 15 is 0 Å². The van der Waals surface area contributed by atoms with Gasteiger partial charge in [-0.25, -0.2) is 0 Å². The summed E-state index contributed by atoms with van der Waals surface area (Å²) in [6.07, 6.45) is 0.0901. The molecular weight excluding hydrogens is 421 g/mol. The minimum Gasteiger partial charge on any atom is -0.496 e. The summed E-state index contributed by atoms with van der Waals surface area (Å²) < 4.78 is 11.2. The summed E-state index contributed by atoms with van der Waals surface area (Å²) in [7, 11) is 1.58. The minimum absolute atomic E-state index is 0.0901. The van der Waals surface area contributed by atoms with Gasteiger partial charge in [0.15, 0.2) is 6.61 Å². The zero-order chi connectivity index (χ0) is 17.5. The zero-order valence-corrected chi connectivity index (χ0v) is 15.6. The Kier molecular flexibility index (Phi) is 6.60. The smallest absolute Gasteiger partial charge is 0.310 e. The molecule has 24 heavy (non-hydrogen) atoms. The van der Waals surface area contributed by atoms with Gasteiger partial charge in [-0.3, -0.25) is 9.59 Å². The van der Waals surface area contributed by atoms with Crippen LogP contribution in [0, 0.1) is 10.5 Å². The number of amides is 1. The third-order valence-electron chi connectivity index (χ3n) is 3.33. The number of ether oxygens (including phenoxy) is 2. The van der Waals surface area contributed by atoms with Crippen LogP contribution in [0.2, 0.25) is 0 Å². The van der Waals surface area contributed by atoms with Gasteiger partial charge in [-0.2, -0.15) is 0 Å². The number of esters is 1. The number of carbonyl (C=O) groups is 2. The first-order valence-electron chi connectivity index (χ1n) is 7.33. The maximum Gasteiger partial charge on any atom is 0.310 e. The Hall–Kier alpha value is -2.09. The van der Waals surface area contributed by atoms with Gasteiger partial charge in [-0.05, 0) is 58.8 Å². The summed E-state index contributed by atoms with van der Waals surface area (Å²) in [5.74, 6) is -0.107. The highest BCUT2D eigenvalue weighted by molar-refractivity contribution is 14.1. The maximum atomic E-state index is 11.9. The predicted octanol–water partition coefficient (Wildman–Crippen LogP) is 3.33. The molecule has 2 aromatic rings. The monoisotopic (exact) mass is 439 g/mol. The number of aryl methyl sites for hydroxylation is 1. The molecule has 0 radical (unpaired) electrons. The Morgan fingerprint density at radius 1 is 1.17 bits per heavy atom. The number of hydrogen-bond acceptors (Lipinski definition) is 4. The number of benzene rings is 2. The highest BCUT2D eigenvalue weighted by Crippen LogP contribution is 2.19. The van der Waals surface area contributed by atoms with E-state index in [9.17, 15) is 9.59 Å². The molecule has 0 aliphatic heterocycles. The van der Waals surface area contributed by atoms with Gasteiger partial charge in [-0.1, -0.05) is 24.3 Å². The number of methoxy groups -OCH3 is 1. The van der Waals surface area contributed by atoms with Crippen LogP contribution in [-0.4, -0.2) is 25.6 Å². The fourth-order valence-corrected chi connectivity index (χ4v) is 2.61. The lowest BCUT2D eigenvalue weighted by atomic mass is 10.1. The normalized spacial score (nSPS) is 10.1. The molecule has 0 atom stereocenters. The topological polar surface area (TPSA) is 64.6 Å². The van der Waals surface area contributed by atoms with Gasteiger partial charge < -0.3 is 14.8 Å². The molecule has 5 nitrogen and oxygen atoms in total. The lowest BCUT2D eigenvalue weighted by Gasteiger charge is -2.09. The number of carbonyl (C=O) groups excluding carboxylic acids is 2. The summed E-state index contributed by atoms with van der Waals surface area (Å²) in [5.41, 5.74) is 2.47. The Morgan fingerprint density at radius 2 is 1.92 bits per heavy atom. The third kappa shape index (κ3) is 5.23. The van der Waals surface area contributed by atoms with Crippen molar-refractivity contribution in [2.75, 3.05) is 19.0 Å². The Balaban J connectivity index is 1.85. The number of halogens is 1. The molecule has 6 heteroatoms. The lowest BCUT2D eigenvalue weighted by molar-refractivity contribution is -0.146. The largest absolute Gasteiger partial charge is 0.496 e. The number of rotatable bonds is 6. The molecular formula is C18H18INO4. The van der Waals surface area contributed by atoms with E-state index in [0.717, 1.165) is 20.4 Å². The average molecular weight is 439 g/mol. The molecule has 1 N–H and O–H groups in total. The van der Waals surface area contributed by atoms with Crippen LogP contribution in [0.25, 0.3) is 0 Å². The van der Waals surface area contributed by atoms with E-state index < -0.39 is 5.97 Å². The number of anilines is 1. The zero-order valence-electron chi connectivity index (χ0n) is 13.5. The van der Waals surface area contributed by atoms with Crippen molar-refractivity contribution in [2.45, 2.75) is 13.3 Å². The second-order valence-electron chi connectivity index (χ2n) is 5.17. The molecule has 0 aromatic heterocycles. The Bertz CT molecular complexity index is 746. The highest BCUT2D eigenvalue weighted by Gasteiger charge is 2.11. The van der Waals surface area contributed by atoms with Crippen LogP contribution < -0.4 is 10.1 Å². The van der Waals surface area contributed by atoms with Crippen molar-refractivity contribution >= 4 is 40.2 Å². The molecule has 0 fully saturated rings. The first-order valence-corrected chi connectivity index (χ1v) is 8.41. The van der Waals surface area contributed by atoms with Crippen molar-refractivity contribution < 1.29 is 19.1 Å². The van der Waals surface area contributed by atoms with Gasteiger partial charge in [0.2, 0.25) is 0 Å². The van der Waals surface area contributed by atoms with Crippen LogP contribution in [0.15, 0.2) is 42.5 Å². The molecule has 0 spiro atoms. The molecule has 0 aliphatic carbocycles. The van der Waals surface area contributed by atoms with Crippen molar-refractivity contribution in [1.29, 1.82) is 0 Å². The van der Waals surface area contributed by atoms with Gasteiger partial charge in [0, 0.05) is 3.57 Å². The van der Waals surface area contributed by atoms with E-state index in [4.69, 9.17) is 9.47 Å². The molecule has 2 aromatic carbocycles. The highest BCUT2D eigenvalue weighted by atomic mass is 127. The van der Waals surface area contributed by atoms with Crippen LogP contribution in [0.3, 0.4) is 0 Å². The molecule has 2 rings (SSSR count). The molecule has 126 valence electrons. The maximum absolute atomic E-state index is 11.9. The van der Waals surface area contributed by atoms with E-state index in [1.54, 1.807) is 19.2 Å². The average Bonchev–Trinajstić information content (AvgIpc) is 2.57. The fraction of sp³-hybridized carbons (Fsp3) is 0.222. The molecule has 0 heterocycles. The third-order valence-corrected chi connectivity index (χ3v) is 4.27. The predicted molar refractivity (Wildman–Crippen MR) is 100 cm³/mol. The summed E-state index contributed by atoms with van der Waals surface area (Å²) in [6, 6.07) is 12.9. The van der Waals surface area contributed by atoms with Gasteiger partial charge in [-0.15, -0.1) is 0 Å². The van der Waals surface area contributed by atoms with Gasteiger partial charge in [0.05, 0.1) is 19.2 Å². The van der Waals surface area contributed by atoms with Gasteiger partial charge in [0.25, 0.3) is 5.91 Å². The lowest BCUT2D eigenvalue weighted by Crippen LogP contribution is -2.22. The summed E-state index contributed by atoms with van der Waals surface area (Å²) in [6.45, 7) is 1.61. The summed E-state index contributed by atoms with van der Waals surface area (Å²) >= 11 is 2.13. The quantitative estimate of drug-likeness (QED) is 0.554. The van der Waals surface area contributed by atoms with Gasteiger partial charge >= 0.3 is 5.97 Å².